The van der Waals surface area contributed by atoms with E-state index >= 15 is 0 Å². The number of nitrogens with one attached hydrogen (secondary N) is 1. The van der Waals surface area contributed by atoms with E-state index in [0.29, 0.717) is 23.6 Å². The molecule has 2 aromatic rings. The molecular weight excluding hydrogens is 306 g/mol. The van der Waals surface area contributed by atoms with E-state index in [9.17, 15) is 4.79 Å². The second-order valence-electron chi connectivity index (χ2n) is 5.82. The van der Waals surface area contributed by atoms with E-state index in [4.69, 9.17) is 9.47 Å². The lowest BCUT2D eigenvalue weighted by atomic mass is 10.2. The highest BCUT2D eigenvalue weighted by molar-refractivity contribution is 5.96. The number of rotatable bonds is 5. The fraction of sp³-hybridized carbons (Fsp3) is 0.333. The SMILES string of the molecule is CO[C@H]1C[C@@H](C(=O)Nc2cnccc2Oc2ccccc2)N(C)C1. The number of nitrogens with zero attached hydrogens (tertiary/aromatic N) is 2. The van der Waals surface area contributed by atoms with Crippen LogP contribution >= 0.6 is 0 Å². The number of hydrogen-bond donors (Lipinski definition) is 1. The number of amides is 1. The molecule has 0 bridgehead atoms. The number of carbonyl (C=O) groups excluding carboxylic acids is 1. The number of likely N-dealkylation sites (N-methyl/N-ethyl adjacent to an activating group) is 1. The van der Waals surface area contributed by atoms with E-state index in [-0.39, 0.29) is 18.1 Å². The third-order valence-corrected chi connectivity index (χ3v) is 4.16. The van der Waals surface area contributed by atoms with Crippen LogP contribution in [0.5, 0.6) is 11.5 Å². The number of methoxy groups -OCH3 is 1. The highest BCUT2D eigenvalue weighted by Crippen LogP contribution is 2.29. The Morgan fingerprint density at radius 1 is 1.29 bits per heavy atom. The Bertz CT molecular complexity index is 693. The van der Waals surface area contributed by atoms with Crippen LogP contribution < -0.4 is 10.1 Å². The number of aromatic nitrogens is 1. The molecule has 0 aliphatic carbocycles. The average molecular weight is 327 g/mol. The van der Waals surface area contributed by atoms with Crippen molar-refractivity contribution >= 4 is 11.6 Å². The quantitative estimate of drug-likeness (QED) is 0.914. The maximum atomic E-state index is 12.6. The van der Waals surface area contributed by atoms with Gasteiger partial charge in [0.1, 0.15) is 11.4 Å². The van der Waals surface area contributed by atoms with Crippen molar-refractivity contribution in [3.63, 3.8) is 0 Å². The summed E-state index contributed by atoms with van der Waals surface area (Å²) in [5.74, 6) is 1.19. The van der Waals surface area contributed by atoms with Crippen LogP contribution in [0.15, 0.2) is 48.8 Å². The molecule has 1 fully saturated rings. The van der Waals surface area contributed by atoms with Crippen molar-refractivity contribution in [2.24, 2.45) is 0 Å². The van der Waals surface area contributed by atoms with Crippen molar-refractivity contribution < 1.29 is 14.3 Å². The summed E-state index contributed by atoms with van der Waals surface area (Å²) in [6.07, 6.45) is 3.99. The summed E-state index contributed by atoms with van der Waals surface area (Å²) >= 11 is 0. The van der Waals surface area contributed by atoms with Crippen LogP contribution in [0, 0.1) is 0 Å². The van der Waals surface area contributed by atoms with E-state index in [1.54, 1.807) is 25.6 Å². The topological polar surface area (TPSA) is 63.7 Å². The van der Waals surface area contributed by atoms with Crippen LogP contribution in [0.4, 0.5) is 5.69 Å². The minimum atomic E-state index is -0.222. The molecule has 1 N–H and O–H groups in total. The number of hydrogen-bond acceptors (Lipinski definition) is 5. The molecule has 2 atom stereocenters. The largest absolute Gasteiger partial charge is 0.455 e. The van der Waals surface area contributed by atoms with Gasteiger partial charge in [0.2, 0.25) is 5.91 Å². The number of likely N-dealkylation sites (tertiary alicyclic amines) is 1. The monoisotopic (exact) mass is 327 g/mol. The number of ether oxygens (including phenoxy) is 2. The molecule has 24 heavy (non-hydrogen) atoms. The molecule has 0 radical (unpaired) electrons. The molecule has 0 unspecified atom stereocenters. The van der Waals surface area contributed by atoms with Gasteiger partial charge in [-0.2, -0.15) is 0 Å². The van der Waals surface area contributed by atoms with Gasteiger partial charge in [0.25, 0.3) is 0 Å². The van der Waals surface area contributed by atoms with Crippen LogP contribution in [0.2, 0.25) is 0 Å². The zero-order valence-electron chi connectivity index (χ0n) is 13.8. The first-order valence-corrected chi connectivity index (χ1v) is 7.88. The van der Waals surface area contributed by atoms with E-state index in [0.717, 1.165) is 6.54 Å². The molecule has 2 heterocycles. The smallest absolute Gasteiger partial charge is 0.241 e. The van der Waals surface area contributed by atoms with Crippen molar-refractivity contribution in [3.8, 4) is 11.5 Å². The minimum absolute atomic E-state index is 0.0806. The molecule has 6 heteroatoms. The third-order valence-electron chi connectivity index (χ3n) is 4.16. The van der Waals surface area contributed by atoms with Crippen molar-refractivity contribution in [2.75, 3.05) is 26.0 Å². The Morgan fingerprint density at radius 3 is 2.79 bits per heavy atom. The summed E-state index contributed by atoms with van der Waals surface area (Å²) in [6, 6.07) is 10.9. The van der Waals surface area contributed by atoms with Gasteiger partial charge in [0, 0.05) is 25.9 Å². The van der Waals surface area contributed by atoms with Crippen LogP contribution in [0.3, 0.4) is 0 Å². The molecule has 0 spiro atoms. The zero-order chi connectivity index (χ0) is 16.9. The highest BCUT2D eigenvalue weighted by Gasteiger charge is 2.34. The van der Waals surface area contributed by atoms with Gasteiger partial charge in [-0.25, -0.2) is 0 Å². The van der Waals surface area contributed by atoms with Gasteiger partial charge in [-0.1, -0.05) is 18.2 Å². The van der Waals surface area contributed by atoms with Gasteiger partial charge in [0.15, 0.2) is 5.75 Å². The summed E-state index contributed by atoms with van der Waals surface area (Å²) in [5, 5.41) is 2.92. The summed E-state index contributed by atoms with van der Waals surface area (Å²) in [7, 11) is 3.60. The molecule has 1 saturated heterocycles. The normalized spacial score (nSPS) is 20.8. The lowest BCUT2D eigenvalue weighted by Gasteiger charge is -2.19. The maximum absolute atomic E-state index is 12.6. The Hall–Kier alpha value is -2.44. The first-order chi connectivity index (χ1) is 11.7. The first kappa shape index (κ1) is 16.4. The zero-order valence-corrected chi connectivity index (χ0v) is 13.8. The van der Waals surface area contributed by atoms with Crippen molar-refractivity contribution in [2.45, 2.75) is 18.6 Å². The van der Waals surface area contributed by atoms with Crippen molar-refractivity contribution in [1.29, 1.82) is 0 Å². The highest BCUT2D eigenvalue weighted by atomic mass is 16.5. The second kappa shape index (κ2) is 7.42. The Morgan fingerprint density at radius 2 is 2.08 bits per heavy atom. The third kappa shape index (κ3) is 3.72. The van der Waals surface area contributed by atoms with Gasteiger partial charge in [-0.15, -0.1) is 0 Å². The Balaban J connectivity index is 1.72. The minimum Gasteiger partial charge on any atom is -0.455 e. The van der Waals surface area contributed by atoms with E-state index < -0.39 is 0 Å². The van der Waals surface area contributed by atoms with Gasteiger partial charge in [0.05, 0.1) is 18.3 Å². The summed E-state index contributed by atoms with van der Waals surface area (Å²) in [6.45, 7) is 0.745. The van der Waals surface area contributed by atoms with Crippen LogP contribution in [0.1, 0.15) is 6.42 Å². The van der Waals surface area contributed by atoms with Gasteiger partial charge in [-0.3, -0.25) is 14.7 Å². The average Bonchev–Trinajstić information content (AvgIpc) is 2.99. The standard InChI is InChI=1S/C18H21N3O3/c1-21-12-14(23-2)10-16(21)18(22)20-15-11-19-9-8-17(15)24-13-6-4-3-5-7-13/h3-9,11,14,16H,10,12H2,1-2H3,(H,20,22)/t14-,16-/m0/s1. The fourth-order valence-corrected chi connectivity index (χ4v) is 2.83. The first-order valence-electron chi connectivity index (χ1n) is 7.88. The van der Waals surface area contributed by atoms with Crippen LogP contribution in [-0.4, -0.2) is 48.6 Å². The van der Waals surface area contributed by atoms with Gasteiger partial charge in [-0.05, 0) is 25.6 Å². The van der Waals surface area contributed by atoms with Crippen molar-refractivity contribution in [1.82, 2.24) is 9.88 Å². The number of benzene rings is 1. The molecule has 1 aromatic carbocycles. The lowest BCUT2D eigenvalue weighted by Crippen LogP contribution is -2.37. The number of anilines is 1. The molecular formula is C18H21N3O3. The fourth-order valence-electron chi connectivity index (χ4n) is 2.83. The summed E-state index contributed by atoms with van der Waals surface area (Å²) < 4.78 is 11.2. The van der Waals surface area contributed by atoms with Gasteiger partial charge >= 0.3 is 0 Å². The summed E-state index contributed by atoms with van der Waals surface area (Å²) in [4.78, 5) is 18.7. The molecule has 3 rings (SSSR count). The van der Waals surface area contributed by atoms with Crippen molar-refractivity contribution in [3.05, 3.63) is 48.8 Å². The molecule has 126 valence electrons. The van der Waals surface area contributed by atoms with E-state index in [1.165, 1.54) is 0 Å². The summed E-state index contributed by atoms with van der Waals surface area (Å²) in [5.41, 5.74) is 0.556. The number of carbonyl (C=O) groups is 1. The van der Waals surface area contributed by atoms with Crippen LogP contribution in [-0.2, 0) is 9.53 Å². The van der Waals surface area contributed by atoms with Gasteiger partial charge < -0.3 is 14.8 Å². The number of pyridine rings is 1. The van der Waals surface area contributed by atoms with Crippen LogP contribution in [0.25, 0.3) is 0 Å². The van der Waals surface area contributed by atoms with E-state index in [2.05, 4.69) is 10.3 Å². The molecule has 1 amide bonds. The molecule has 0 saturated carbocycles. The predicted molar refractivity (Wildman–Crippen MR) is 91.2 cm³/mol. The maximum Gasteiger partial charge on any atom is 0.241 e. The molecule has 6 nitrogen and oxygen atoms in total. The van der Waals surface area contributed by atoms with E-state index in [1.807, 2.05) is 42.3 Å². The second-order valence-corrected chi connectivity index (χ2v) is 5.82. The number of para-hydroxylation sites is 1. The molecule has 1 aliphatic heterocycles. The molecule has 1 aliphatic rings. The predicted octanol–water partition coefficient (Wildman–Crippen LogP) is 2.53. The Labute approximate surface area is 141 Å². The Kier molecular flexibility index (Phi) is 5.08. The molecule has 1 aromatic heterocycles. The lowest BCUT2D eigenvalue weighted by molar-refractivity contribution is -0.120.